The van der Waals surface area contributed by atoms with Crippen LogP contribution in [0.1, 0.15) is 24.8 Å². The van der Waals surface area contributed by atoms with Crippen molar-refractivity contribution < 1.29 is 19.4 Å². The molecule has 20 heavy (non-hydrogen) atoms. The van der Waals surface area contributed by atoms with Gasteiger partial charge in [0.15, 0.2) is 0 Å². The van der Waals surface area contributed by atoms with Crippen LogP contribution in [0.25, 0.3) is 0 Å². The predicted octanol–water partition coefficient (Wildman–Crippen LogP) is 2.76. The molecule has 1 saturated heterocycles. The van der Waals surface area contributed by atoms with Crippen molar-refractivity contribution >= 4 is 5.97 Å². The molecule has 1 fully saturated rings. The lowest BCUT2D eigenvalue weighted by Gasteiger charge is -2.25. The smallest absolute Gasteiger partial charge is 0.306 e. The largest absolute Gasteiger partial charge is 0.496 e. The minimum absolute atomic E-state index is 0.352. The lowest BCUT2D eigenvalue weighted by atomic mass is 9.85. The van der Waals surface area contributed by atoms with Gasteiger partial charge < -0.3 is 14.6 Å². The molecule has 2 rings (SSSR count). The van der Waals surface area contributed by atoms with Crippen LogP contribution in [-0.4, -0.2) is 31.4 Å². The van der Waals surface area contributed by atoms with Gasteiger partial charge in [0.2, 0.25) is 0 Å². The SMILES string of the molecule is COc1ccccc1CC(CC1CCOCC1)C(=O)O. The second-order valence-corrected chi connectivity index (χ2v) is 5.34. The van der Waals surface area contributed by atoms with Gasteiger partial charge in [-0.3, -0.25) is 4.79 Å². The van der Waals surface area contributed by atoms with Crippen LogP contribution in [0, 0.1) is 11.8 Å². The second-order valence-electron chi connectivity index (χ2n) is 5.34. The van der Waals surface area contributed by atoms with Gasteiger partial charge >= 0.3 is 5.97 Å². The van der Waals surface area contributed by atoms with E-state index >= 15 is 0 Å². The van der Waals surface area contributed by atoms with Crippen LogP contribution in [0.3, 0.4) is 0 Å². The molecule has 0 radical (unpaired) electrons. The molecule has 4 nitrogen and oxygen atoms in total. The van der Waals surface area contributed by atoms with E-state index in [1.807, 2.05) is 24.3 Å². The Balaban J connectivity index is 2.03. The highest BCUT2D eigenvalue weighted by Crippen LogP contribution is 2.28. The molecular weight excluding hydrogens is 256 g/mol. The molecule has 1 aliphatic rings. The molecule has 110 valence electrons. The first-order valence-electron chi connectivity index (χ1n) is 7.13. The molecule has 0 saturated carbocycles. The van der Waals surface area contributed by atoms with Gasteiger partial charge in [-0.15, -0.1) is 0 Å². The van der Waals surface area contributed by atoms with E-state index < -0.39 is 5.97 Å². The monoisotopic (exact) mass is 278 g/mol. The van der Waals surface area contributed by atoms with Crippen LogP contribution in [0.2, 0.25) is 0 Å². The van der Waals surface area contributed by atoms with Gasteiger partial charge in [-0.05, 0) is 43.2 Å². The van der Waals surface area contributed by atoms with E-state index in [9.17, 15) is 9.90 Å². The molecule has 0 aromatic heterocycles. The Morgan fingerprint density at radius 1 is 1.40 bits per heavy atom. The number of carboxylic acid groups (broad SMARTS) is 1. The third kappa shape index (κ3) is 3.97. The summed E-state index contributed by atoms with van der Waals surface area (Å²) >= 11 is 0. The molecular formula is C16H22O4. The summed E-state index contributed by atoms with van der Waals surface area (Å²) in [4.78, 5) is 11.5. The zero-order valence-corrected chi connectivity index (χ0v) is 11.9. The molecule has 1 N–H and O–H groups in total. The standard InChI is InChI=1S/C16H22O4/c1-19-15-5-3-2-4-13(15)11-14(16(17)18)10-12-6-8-20-9-7-12/h2-5,12,14H,6-11H2,1H3,(H,17,18). The van der Waals surface area contributed by atoms with Gasteiger partial charge in [0.05, 0.1) is 13.0 Å². The number of rotatable bonds is 6. The van der Waals surface area contributed by atoms with Crippen molar-refractivity contribution in [2.45, 2.75) is 25.7 Å². The number of carbonyl (C=O) groups is 1. The van der Waals surface area contributed by atoms with Crippen LogP contribution >= 0.6 is 0 Å². The molecule has 0 amide bonds. The van der Waals surface area contributed by atoms with E-state index in [4.69, 9.17) is 9.47 Å². The van der Waals surface area contributed by atoms with E-state index in [0.29, 0.717) is 12.3 Å². The van der Waals surface area contributed by atoms with Crippen LogP contribution in [0.15, 0.2) is 24.3 Å². The van der Waals surface area contributed by atoms with Gasteiger partial charge in [-0.25, -0.2) is 0 Å². The molecule has 0 spiro atoms. The normalized spacial score (nSPS) is 17.6. The molecule has 1 heterocycles. The number of methoxy groups -OCH3 is 1. The first-order chi connectivity index (χ1) is 9.70. The van der Waals surface area contributed by atoms with Crippen LogP contribution < -0.4 is 4.74 Å². The van der Waals surface area contributed by atoms with Crippen LogP contribution in [-0.2, 0) is 16.0 Å². The lowest BCUT2D eigenvalue weighted by Crippen LogP contribution is -2.24. The minimum atomic E-state index is -0.720. The summed E-state index contributed by atoms with van der Waals surface area (Å²) in [5, 5.41) is 9.46. The van der Waals surface area contributed by atoms with Gasteiger partial charge in [-0.2, -0.15) is 0 Å². The van der Waals surface area contributed by atoms with Crippen molar-refractivity contribution in [2.75, 3.05) is 20.3 Å². The fourth-order valence-electron chi connectivity index (χ4n) is 2.79. The summed E-state index contributed by atoms with van der Waals surface area (Å²) in [6.45, 7) is 1.51. The van der Waals surface area contributed by atoms with E-state index in [1.54, 1.807) is 7.11 Å². The highest BCUT2D eigenvalue weighted by molar-refractivity contribution is 5.70. The minimum Gasteiger partial charge on any atom is -0.496 e. The lowest BCUT2D eigenvalue weighted by molar-refractivity contribution is -0.142. The fourth-order valence-corrected chi connectivity index (χ4v) is 2.79. The van der Waals surface area contributed by atoms with Crippen molar-refractivity contribution in [2.24, 2.45) is 11.8 Å². The van der Waals surface area contributed by atoms with Gasteiger partial charge in [-0.1, -0.05) is 18.2 Å². The molecule has 1 unspecified atom stereocenters. The first-order valence-corrected chi connectivity index (χ1v) is 7.13. The number of benzene rings is 1. The summed E-state index contributed by atoms with van der Waals surface area (Å²) in [6, 6.07) is 7.64. The molecule has 1 atom stereocenters. The maximum absolute atomic E-state index is 11.5. The van der Waals surface area contributed by atoms with Gasteiger partial charge in [0.1, 0.15) is 5.75 Å². The summed E-state index contributed by atoms with van der Waals surface area (Å²) in [5.41, 5.74) is 0.967. The van der Waals surface area contributed by atoms with Crippen molar-refractivity contribution in [1.29, 1.82) is 0 Å². The average molecular weight is 278 g/mol. The summed E-state index contributed by atoms with van der Waals surface area (Å²) in [5.74, 6) is 0.155. The van der Waals surface area contributed by atoms with Gasteiger partial charge in [0, 0.05) is 13.2 Å². The number of hydrogen-bond donors (Lipinski definition) is 1. The average Bonchev–Trinajstić information content (AvgIpc) is 2.48. The van der Waals surface area contributed by atoms with Gasteiger partial charge in [0.25, 0.3) is 0 Å². The van der Waals surface area contributed by atoms with Crippen molar-refractivity contribution in [3.8, 4) is 5.75 Å². The molecule has 1 aliphatic heterocycles. The van der Waals surface area contributed by atoms with E-state index in [1.165, 1.54) is 0 Å². The van der Waals surface area contributed by atoms with E-state index in [-0.39, 0.29) is 5.92 Å². The number of para-hydroxylation sites is 1. The summed E-state index contributed by atoms with van der Waals surface area (Å²) < 4.78 is 10.6. The first kappa shape index (κ1) is 14.9. The van der Waals surface area contributed by atoms with E-state index in [0.717, 1.165) is 43.8 Å². The zero-order valence-electron chi connectivity index (χ0n) is 11.9. The molecule has 0 aliphatic carbocycles. The summed E-state index contributed by atoms with van der Waals surface area (Å²) in [7, 11) is 1.62. The molecule has 0 bridgehead atoms. The molecule has 4 heteroatoms. The molecule has 1 aromatic carbocycles. The Morgan fingerprint density at radius 3 is 2.75 bits per heavy atom. The number of ether oxygens (including phenoxy) is 2. The number of hydrogen-bond acceptors (Lipinski definition) is 3. The topological polar surface area (TPSA) is 55.8 Å². The Bertz CT molecular complexity index is 438. The Labute approximate surface area is 119 Å². The van der Waals surface area contributed by atoms with Crippen molar-refractivity contribution in [3.05, 3.63) is 29.8 Å². The summed E-state index contributed by atoms with van der Waals surface area (Å²) in [6.07, 6.45) is 3.18. The van der Waals surface area contributed by atoms with Crippen molar-refractivity contribution in [3.63, 3.8) is 0 Å². The van der Waals surface area contributed by atoms with Crippen molar-refractivity contribution in [1.82, 2.24) is 0 Å². The van der Waals surface area contributed by atoms with Crippen LogP contribution in [0.4, 0.5) is 0 Å². The Morgan fingerprint density at radius 2 is 2.10 bits per heavy atom. The third-order valence-corrected chi connectivity index (χ3v) is 3.97. The highest BCUT2D eigenvalue weighted by atomic mass is 16.5. The number of aliphatic carboxylic acids is 1. The maximum atomic E-state index is 11.5. The fraction of sp³-hybridized carbons (Fsp3) is 0.562. The van der Waals surface area contributed by atoms with Crippen LogP contribution in [0.5, 0.6) is 5.75 Å². The Hall–Kier alpha value is -1.55. The van der Waals surface area contributed by atoms with E-state index in [2.05, 4.69) is 0 Å². The predicted molar refractivity (Wildman–Crippen MR) is 76.0 cm³/mol. The second kappa shape index (κ2) is 7.29. The Kier molecular flexibility index (Phi) is 5.41. The zero-order chi connectivity index (χ0) is 14.4. The molecule has 1 aromatic rings. The highest BCUT2D eigenvalue weighted by Gasteiger charge is 2.25. The third-order valence-electron chi connectivity index (χ3n) is 3.97. The quantitative estimate of drug-likeness (QED) is 0.869. The maximum Gasteiger partial charge on any atom is 0.306 e. The number of carboxylic acids is 1.